The van der Waals surface area contributed by atoms with E-state index in [-0.39, 0.29) is 12.1 Å². The molecule has 1 heterocycles. The van der Waals surface area contributed by atoms with Gasteiger partial charge in [0.1, 0.15) is 13.2 Å². The van der Waals surface area contributed by atoms with E-state index in [1.165, 1.54) is 0 Å². The largest absolute Gasteiger partial charge is 0.486 e. The summed E-state index contributed by atoms with van der Waals surface area (Å²) in [6.45, 7) is 5.80. The fourth-order valence-electron chi connectivity index (χ4n) is 2.15. The Morgan fingerprint density at radius 2 is 2.05 bits per heavy atom. The predicted molar refractivity (Wildman–Crippen MR) is 77.7 cm³/mol. The van der Waals surface area contributed by atoms with Gasteiger partial charge in [0.05, 0.1) is 10.6 Å². The summed E-state index contributed by atoms with van der Waals surface area (Å²) >= 11 is 3.51. The standard InChI is InChI=1S/C14H20BrNO3/c1-9(5-10(2)17)16-8-11-6-12(15)14-13(7-11)18-3-4-19-14/h6-7,9-10,16-17H,3-5,8H2,1-2H3. The molecular formula is C14H20BrNO3. The number of halogens is 1. The van der Waals surface area contributed by atoms with Gasteiger partial charge < -0.3 is 19.9 Å². The number of hydrogen-bond donors (Lipinski definition) is 2. The Morgan fingerprint density at radius 3 is 2.79 bits per heavy atom. The lowest BCUT2D eigenvalue weighted by atomic mass is 10.1. The van der Waals surface area contributed by atoms with Crippen molar-refractivity contribution >= 4 is 15.9 Å². The first-order chi connectivity index (χ1) is 9.06. The number of ether oxygens (including phenoxy) is 2. The third-order valence-electron chi connectivity index (χ3n) is 3.01. The Hall–Kier alpha value is -0.780. The van der Waals surface area contributed by atoms with E-state index in [0.717, 1.165) is 34.5 Å². The van der Waals surface area contributed by atoms with Gasteiger partial charge in [-0.05, 0) is 53.9 Å². The molecule has 0 saturated heterocycles. The molecule has 0 saturated carbocycles. The van der Waals surface area contributed by atoms with E-state index in [4.69, 9.17) is 9.47 Å². The molecule has 0 aromatic heterocycles. The minimum absolute atomic E-state index is 0.270. The van der Waals surface area contributed by atoms with Crippen molar-refractivity contribution in [1.82, 2.24) is 5.32 Å². The zero-order valence-corrected chi connectivity index (χ0v) is 12.9. The second kappa shape index (κ2) is 6.59. The van der Waals surface area contributed by atoms with E-state index in [0.29, 0.717) is 13.2 Å². The fourth-order valence-corrected chi connectivity index (χ4v) is 2.76. The summed E-state index contributed by atoms with van der Waals surface area (Å²) < 4.78 is 12.1. The quantitative estimate of drug-likeness (QED) is 0.871. The molecule has 2 unspecified atom stereocenters. The molecular weight excluding hydrogens is 310 g/mol. The molecule has 1 aliphatic rings. The molecule has 106 valence electrons. The van der Waals surface area contributed by atoms with Crippen LogP contribution in [0.5, 0.6) is 11.5 Å². The summed E-state index contributed by atoms with van der Waals surface area (Å²) in [6, 6.07) is 4.31. The van der Waals surface area contributed by atoms with Crippen LogP contribution in [0.15, 0.2) is 16.6 Å². The number of aliphatic hydroxyl groups is 1. The van der Waals surface area contributed by atoms with Gasteiger partial charge in [0.15, 0.2) is 11.5 Å². The van der Waals surface area contributed by atoms with Gasteiger partial charge in [-0.3, -0.25) is 0 Å². The van der Waals surface area contributed by atoms with Crippen molar-refractivity contribution in [3.8, 4) is 11.5 Å². The Morgan fingerprint density at radius 1 is 1.32 bits per heavy atom. The zero-order chi connectivity index (χ0) is 13.8. The lowest BCUT2D eigenvalue weighted by molar-refractivity contribution is 0.169. The summed E-state index contributed by atoms with van der Waals surface area (Å²) in [5.74, 6) is 1.58. The molecule has 2 rings (SSSR count). The summed E-state index contributed by atoms with van der Waals surface area (Å²) in [5.41, 5.74) is 1.13. The zero-order valence-electron chi connectivity index (χ0n) is 11.3. The fraction of sp³-hybridized carbons (Fsp3) is 0.571. The maximum atomic E-state index is 9.34. The Balaban J connectivity index is 1.99. The number of hydrogen-bond acceptors (Lipinski definition) is 4. The van der Waals surface area contributed by atoms with E-state index in [2.05, 4.69) is 28.2 Å². The Labute approximate surface area is 122 Å². The van der Waals surface area contributed by atoms with Crippen LogP contribution in [0.2, 0.25) is 0 Å². The van der Waals surface area contributed by atoms with E-state index in [9.17, 15) is 5.11 Å². The molecule has 0 aliphatic carbocycles. The van der Waals surface area contributed by atoms with E-state index in [1.807, 2.05) is 12.1 Å². The number of fused-ring (bicyclic) bond motifs is 1. The van der Waals surface area contributed by atoms with E-state index >= 15 is 0 Å². The van der Waals surface area contributed by atoms with Gasteiger partial charge in [0.25, 0.3) is 0 Å². The molecule has 2 N–H and O–H groups in total. The lowest BCUT2D eigenvalue weighted by Gasteiger charge is -2.21. The smallest absolute Gasteiger partial charge is 0.175 e. The highest BCUT2D eigenvalue weighted by molar-refractivity contribution is 9.10. The van der Waals surface area contributed by atoms with Crippen molar-refractivity contribution in [3.63, 3.8) is 0 Å². The molecule has 0 amide bonds. The minimum atomic E-state index is -0.283. The predicted octanol–water partition coefficient (Wildman–Crippen LogP) is 2.47. The third kappa shape index (κ3) is 4.09. The highest BCUT2D eigenvalue weighted by atomic mass is 79.9. The molecule has 0 bridgehead atoms. The molecule has 5 heteroatoms. The van der Waals surface area contributed by atoms with Gasteiger partial charge >= 0.3 is 0 Å². The maximum absolute atomic E-state index is 9.34. The Bertz CT molecular complexity index is 437. The highest BCUT2D eigenvalue weighted by Crippen LogP contribution is 2.38. The average molecular weight is 330 g/mol. The van der Waals surface area contributed by atoms with Crippen molar-refractivity contribution < 1.29 is 14.6 Å². The first-order valence-corrected chi connectivity index (χ1v) is 7.35. The summed E-state index contributed by atoms with van der Waals surface area (Å²) in [6.07, 6.45) is 0.459. The van der Waals surface area contributed by atoms with Gasteiger partial charge in [0, 0.05) is 12.6 Å². The van der Waals surface area contributed by atoms with Crippen molar-refractivity contribution in [1.29, 1.82) is 0 Å². The summed E-state index contributed by atoms with van der Waals surface area (Å²) in [4.78, 5) is 0. The van der Waals surface area contributed by atoms with Gasteiger partial charge in [-0.15, -0.1) is 0 Å². The van der Waals surface area contributed by atoms with E-state index < -0.39 is 0 Å². The number of nitrogens with one attached hydrogen (secondary N) is 1. The van der Waals surface area contributed by atoms with Crippen LogP contribution < -0.4 is 14.8 Å². The first kappa shape index (κ1) is 14.6. The third-order valence-corrected chi connectivity index (χ3v) is 3.59. The Kier molecular flexibility index (Phi) is 5.07. The van der Waals surface area contributed by atoms with Crippen LogP contribution in [0.1, 0.15) is 25.8 Å². The molecule has 19 heavy (non-hydrogen) atoms. The number of aliphatic hydroxyl groups excluding tert-OH is 1. The van der Waals surface area contributed by atoms with Crippen LogP contribution in [0.3, 0.4) is 0 Å². The topological polar surface area (TPSA) is 50.7 Å². The second-order valence-electron chi connectivity index (χ2n) is 4.97. The lowest BCUT2D eigenvalue weighted by Crippen LogP contribution is -2.28. The number of rotatable bonds is 5. The van der Waals surface area contributed by atoms with Crippen LogP contribution in [-0.2, 0) is 6.54 Å². The van der Waals surface area contributed by atoms with Crippen molar-refractivity contribution in [3.05, 3.63) is 22.2 Å². The van der Waals surface area contributed by atoms with E-state index in [1.54, 1.807) is 6.92 Å². The van der Waals surface area contributed by atoms with Crippen LogP contribution in [0, 0.1) is 0 Å². The van der Waals surface area contributed by atoms with Gasteiger partial charge in [-0.1, -0.05) is 0 Å². The minimum Gasteiger partial charge on any atom is -0.486 e. The molecule has 0 radical (unpaired) electrons. The first-order valence-electron chi connectivity index (χ1n) is 6.55. The highest BCUT2D eigenvalue weighted by Gasteiger charge is 2.16. The number of benzene rings is 1. The maximum Gasteiger partial charge on any atom is 0.175 e. The molecule has 1 aliphatic heterocycles. The SMILES string of the molecule is CC(O)CC(C)NCc1cc(Br)c2c(c1)OCCO2. The van der Waals surface area contributed by atoms with Gasteiger partial charge in [-0.25, -0.2) is 0 Å². The summed E-state index contributed by atoms with van der Waals surface area (Å²) in [7, 11) is 0. The van der Waals surface area contributed by atoms with Gasteiger partial charge in [0.2, 0.25) is 0 Å². The molecule has 0 spiro atoms. The van der Waals surface area contributed by atoms with Crippen LogP contribution in [0.25, 0.3) is 0 Å². The molecule has 1 aromatic carbocycles. The van der Waals surface area contributed by atoms with Crippen LogP contribution in [0.4, 0.5) is 0 Å². The van der Waals surface area contributed by atoms with Gasteiger partial charge in [-0.2, -0.15) is 0 Å². The normalized spacial score (nSPS) is 17.1. The molecule has 0 fully saturated rings. The van der Waals surface area contributed by atoms with Crippen molar-refractivity contribution in [2.75, 3.05) is 13.2 Å². The van der Waals surface area contributed by atoms with Crippen molar-refractivity contribution in [2.45, 2.75) is 39.0 Å². The average Bonchev–Trinajstić information content (AvgIpc) is 2.36. The summed E-state index contributed by atoms with van der Waals surface area (Å²) in [5, 5.41) is 12.7. The van der Waals surface area contributed by atoms with Crippen molar-refractivity contribution in [2.24, 2.45) is 0 Å². The monoisotopic (exact) mass is 329 g/mol. The van der Waals surface area contributed by atoms with Crippen LogP contribution >= 0.6 is 15.9 Å². The van der Waals surface area contributed by atoms with Crippen LogP contribution in [-0.4, -0.2) is 30.5 Å². The molecule has 2 atom stereocenters. The molecule has 4 nitrogen and oxygen atoms in total. The second-order valence-corrected chi connectivity index (χ2v) is 5.82. The molecule has 1 aromatic rings.